The van der Waals surface area contributed by atoms with Gasteiger partial charge in [-0.25, -0.2) is 0 Å². The molecule has 0 radical (unpaired) electrons. The fourth-order valence-corrected chi connectivity index (χ4v) is 1.82. The van der Waals surface area contributed by atoms with Crippen molar-refractivity contribution in [3.05, 3.63) is 59.9 Å². The molecule has 0 aliphatic rings. The van der Waals surface area contributed by atoms with Crippen LogP contribution in [0, 0.1) is 0 Å². The van der Waals surface area contributed by atoms with Gasteiger partial charge in [0.15, 0.2) is 0 Å². The van der Waals surface area contributed by atoms with E-state index in [0.29, 0.717) is 6.61 Å². The maximum Gasteiger partial charge on any atom is 0.124 e. The van der Waals surface area contributed by atoms with Crippen LogP contribution in [0.15, 0.2) is 48.8 Å². The van der Waals surface area contributed by atoms with Gasteiger partial charge < -0.3 is 10.5 Å². The van der Waals surface area contributed by atoms with Crippen LogP contribution in [0.1, 0.15) is 30.5 Å². The molecule has 94 valence electrons. The molecule has 0 saturated heterocycles. The van der Waals surface area contributed by atoms with Crippen molar-refractivity contribution in [2.24, 2.45) is 5.73 Å². The molecule has 2 aromatic rings. The molecule has 0 spiro atoms. The second kappa shape index (κ2) is 6.17. The summed E-state index contributed by atoms with van der Waals surface area (Å²) in [6.45, 7) is 2.79. The second-order valence-corrected chi connectivity index (χ2v) is 4.15. The number of para-hydroxylation sites is 1. The molecule has 0 aliphatic carbocycles. The summed E-state index contributed by atoms with van der Waals surface area (Å²) in [7, 11) is 0. The summed E-state index contributed by atoms with van der Waals surface area (Å²) in [6.07, 6.45) is 4.52. The van der Waals surface area contributed by atoms with Gasteiger partial charge in [0.1, 0.15) is 5.75 Å². The first-order chi connectivity index (χ1) is 8.83. The summed E-state index contributed by atoms with van der Waals surface area (Å²) >= 11 is 0. The molecule has 0 amide bonds. The number of aromatic nitrogens is 1. The number of benzene rings is 1. The van der Waals surface area contributed by atoms with Crippen molar-refractivity contribution in [3.8, 4) is 5.75 Å². The molecule has 1 aromatic carbocycles. The van der Waals surface area contributed by atoms with E-state index in [1.54, 1.807) is 12.4 Å². The van der Waals surface area contributed by atoms with Crippen molar-refractivity contribution in [2.75, 3.05) is 6.61 Å². The first-order valence-electron chi connectivity index (χ1n) is 6.20. The normalized spacial score (nSPS) is 12.1. The van der Waals surface area contributed by atoms with Gasteiger partial charge in [-0.15, -0.1) is 0 Å². The lowest BCUT2D eigenvalue weighted by atomic mass is 10.0. The lowest BCUT2D eigenvalue weighted by Crippen LogP contribution is -2.13. The summed E-state index contributed by atoms with van der Waals surface area (Å²) in [6, 6.07) is 11.6. The Hall–Kier alpha value is -1.87. The Morgan fingerprint density at radius 2 is 2.06 bits per heavy atom. The van der Waals surface area contributed by atoms with Gasteiger partial charge in [0.25, 0.3) is 0 Å². The minimum absolute atomic E-state index is 0.202. The summed E-state index contributed by atoms with van der Waals surface area (Å²) in [5.41, 5.74) is 8.26. The van der Waals surface area contributed by atoms with Crippen molar-refractivity contribution in [2.45, 2.75) is 19.4 Å². The highest BCUT2D eigenvalue weighted by atomic mass is 16.5. The molecule has 0 aliphatic heterocycles. The number of hydrogen-bond acceptors (Lipinski definition) is 3. The lowest BCUT2D eigenvalue weighted by Gasteiger charge is -2.16. The number of nitrogens with zero attached hydrogens (tertiary/aromatic N) is 1. The van der Waals surface area contributed by atoms with Crippen LogP contribution in [-0.4, -0.2) is 11.6 Å². The van der Waals surface area contributed by atoms with Gasteiger partial charge in [-0.05, 0) is 24.1 Å². The van der Waals surface area contributed by atoms with Crippen LogP contribution < -0.4 is 10.5 Å². The third-order valence-electron chi connectivity index (χ3n) is 2.76. The first kappa shape index (κ1) is 12.6. The van der Waals surface area contributed by atoms with E-state index in [-0.39, 0.29) is 6.04 Å². The molecule has 1 atom stereocenters. The molecular formula is C15H18N2O. The second-order valence-electron chi connectivity index (χ2n) is 4.15. The van der Waals surface area contributed by atoms with Crippen molar-refractivity contribution < 1.29 is 4.74 Å². The highest BCUT2D eigenvalue weighted by molar-refractivity contribution is 5.40. The Balaban J connectivity index is 2.27. The minimum Gasteiger partial charge on any atom is -0.493 e. The fourth-order valence-electron chi connectivity index (χ4n) is 1.82. The zero-order valence-electron chi connectivity index (χ0n) is 10.5. The number of nitrogens with two attached hydrogens (primary N) is 1. The monoisotopic (exact) mass is 242 g/mol. The Kier molecular flexibility index (Phi) is 4.31. The minimum atomic E-state index is -0.202. The molecule has 2 rings (SSSR count). The Bertz CT molecular complexity index is 485. The summed E-state index contributed by atoms with van der Waals surface area (Å²) in [4.78, 5) is 4.10. The fraction of sp³-hybridized carbons (Fsp3) is 0.267. The molecule has 0 saturated carbocycles. The van der Waals surface area contributed by atoms with Crippen LogP contribution in [0.25, 0.3) is 0 Å². The van der Waals surface area contributed by atoms with Crippen LogP contribution in [0.4, 0.5) is 0 Å². The van der Waals surface area contributed by atoms with Gasteiger partial charge in [0.05, 0.1) is 12.6 Å². The summed E-state index contributed by atoms with van der Waals surface area (Å²) in [5.74, 6) is 0.857. The molecule has 0 fully saturated rings. The summed E-state index contributed by atoms with van der Waals surface area (Å²) in [5, 5.41) is 0. The molecule has 18 heavy (non-hydrogen) atoms. The third kappa shape index (κ3) is 2.87. The maximum atomic E-state index is 6.27. The molecule has 3 heteroatoms. The summed E-state index contributed by atoms with van der Waals surface area (Å²) < 4.78 is 5.73. The van der Waals surface area contributed by atoms with Gasteiger partial charge in [-0.3, -0.25) is 4.98 Å². The molecule has 2 N–H and O–H groups in total. The standard InChI is InChI=1S/C15H18N2O/c1-2-10-18-14-8-4-3-7-13(14)15(16)12-6-5-9-17-11-12/h3-9,11,15H,2,10,16H2,1H3. The van der Waals surface area contributed by atoms with E-state index < -0.39 is 0 Å². The largest absolute Gasteiger partial charge is 0.493 e. The number of rotatable bonds is 5. The van der Waals surface area contributed by atoms with Crippen LogP contribution in [-0.2, 0) is 0 Å². The van der Waals surface area contributed by atoms with Crippen molar-refractivity contribution >= 4 is 0 Å². The molecule has 3 nitrogen and oxygen atoms in total. The zero-order chi connectivity index (χ0) is 12.8. The predicted molar refractivity (Wildman–Crippen MR) is 72.5 cm³/mol. The van der Waals surface area contributed by atoms with Gasteiger partial charge in [-0.2, -0.15) is 0 Å². The van der Waals surface area contributed by atoms with E-state index in [0.717, 1.165) is 23.3 Å². The first-order valence-corrected chi connectivity index (χ1v) is 6.20. The Morgan fingerprint density at radius 1 is 1.22 bits per heavy atom. The van der Waals surface area contributed by atoms with Gasteiger partial charge in [0.2, 0.25) is 0 Å². The van der Waals surface area contributed by atoms with Gasteiger partial charge >= 0.3 is 0 Å². The molecule has 1 heterocycles. The lowest BCUT2D eigenvalue weighted by molar-refractivity contribution is 0.313. The van der Waals surface area contributed by atoms with Crippen LogP contribution >= 0.6 is 0 Å². The van der Waals surface area contributed by atoms with Crippen molar-refractivity contribution in [1.82, 2.24) is 4.98 Å². The van der Waals surface area contributed by atoms with E-state index in [1.807, 2.05) is 36.4 Å². The van der Waals surface area contributed by atoms with E-state index in [9.17, 15) is 0 Å². The number of hydrogen-bond donors (Lipinski definition) is 1. The maximum absolute atomic E-state index is 6.27. The van der Waals surface area contributed by atoms with Crippen molar-refractivity contribution in [3.63, 3.8) is 0 Å². The number of ether oxygens (including phenoxy) is 1. The van der Waals surface area contributed by atoms with Gasteiger partial charge in [-0.1, -0.05) is 31.2 Å². The quantitative estimate of drug-likeness (QED) is 0.877. The zero-order valence-corrected chi connectivity index (χ0v) is 10.5. The smallest absolute Gasteiger partial charge is 0.124 e. The Morgan fingerprint density at radius 3 is 2.78 bits per heavy atom. The topological polar surface area (TPSA) is 48.1 Å². The molecular weight excluding hydrogens is 224 g/mol. The van der Waals surface area contributed by atoms with E-state index in [4.69, 9.17) is 10.5 Å². The van der Waals surface area contributed by atoms with Crippen LogP contribution in [0.3, 0.4) is 0 Å². The highest BCUT2D eigenvalue weighted by Gasteiger charge is 2.13. The number of pyridine rings is 1. The Labute approximate surface area is 108 Å². The highest BCUT2D eigenvalue weighted by Crippen LogP contribution is 2.27. The van der Waals surface area contributed by atoms with Crippen LogP contribution in [0.5, 0.6) is 5.75 Å². The molecule has 0 bridgehead atoms. The average molecular weight is 242 g/mol. The van der Waals surface area contributed by atoms with Crippen molar-refractivity contribution in [1.29, 1.82) is 0 Å². The van der Waals surface area contributed by atoms with E-state index >= 15 is 0 Å². The van der Waals surface area contributed by atoms with E-state index in [1.165, 1.54) is 0 Å². The SMILES string of the molecule is CCCOc1ccccc1C(N)c1cccnc1. The average Bonchev–Trinajstić information content (AvgIpc) is 2.45. The molecule has 1 unspecified atom stereocenters. The van der Waals surface area contributed by atoms with E-state index in [2.05, 4.69) is 11.9 Å². The molecule has 1 aromatic heterocycles. The van der Waals surface area contributed by atoms with Crippen LogP contribution in [0.2, 0.25) is 0 Å². The predicted octanol–water partition coefficient (Wildman–Crippen LogP) is 2.92. The third-order valence-corrected chi connectivity index (χ3v) is 2.76. The van der Waals surface area contributed by atoms with Gasteiger partial charge in [0, 0.05) is 18.0 Å².